The molecule has 1 rings (SSSR count). The molecule has 1 fully saturated rings. The molecule has 1 saturated carbocycles. The molecule has 0 radical (unpaired) electrons. The van der Waals surface area contributed by atoms with E-state index in [0.717, 1.165) is 19.3 Å². The molecule has 0 saturated heterocycles. The second-order valence-corrected chi connectivity index (χ2v) is 3.07. The van der Waals surface area contributed by atoms with Gasteiger partial charge in [0.05, 0.1) is 0 Å². The van der Waals surface area contributed by atoms with Crippen LogP contribution in [0.25, 0.3) is 0 Å². The van der Waals surface area contributed by atoms with E-state index >= 15 is 0 Å². The summed E-state index contributed by atoms with van der Waals surface area (Å²) in [5, 5.41) is 0. The van der Waals surface area contributed by atoms with Gasteiger partial charge in [0.1, 0.15) is 5.67 Å². The standard InChI is InChI=1S/C7H13F/c1-6-4-3-5-7(6,2)8/h6H,3-5H2,1-2H3. The Morgan fingerprint density at radius 2 is 2.25 bits per heavy atom. The first-order chi connectivity index (χ1) is 3.63. The van der Waals surface area contributed by atoms with Crippen molar-refractivity contribution in [3.63, 3.8) is 0 Å². The maximum atomic E-state index is 13.0. The van der Waals surface area contributed by atoms with Crippen molar-refractivity contribution in [3.8, 4) is 0 Å². The molecule has 0 heterocycles. The fraction of sp³-hybridized carbons (Fsp3) is 1.00. The quantitative estimate of drug-likeness (QED) is 0.456. The molecule has 0 aliphatic heterocycles. The van der Waals surface area contributed by atoms with Crippen LogP contribution in [0.4, 0.5) is 4.39 Å². The molecule has 0 bridgehead atoms. The Bertz CT molecular complexity index is 86.4. The predicted octanol–water partition coefficient (Wildman–Crippen LogP) is 2.53. The van der Waals surface area contributed by atoms with Crippen molar-refractivity contribution in [2.75, 3.05) is 0 Å². The van der Waals surface area contributed by atoms with E-state index in [0.29, 0.717) is 5.92 Å². The van der Waals surface area contributed by atoms with Crippen LogP contribution in [0.3, 0.4) is 0 Å². The number of hydrogen-bond acceptors (Lipinski definition) is 0. The zero-order chi connectivity index (χ0) is 6.20. The molecule has 0 N–H and O–H groups in total. The second kappa shape index (κ2) is 1.71. The lowest BCUT2D eigenvalue weighted by atomic mass is 9.97. The van der Waals surface area contributed by atoms with Crippen molar-refractivity contribution < 1.29 is 4.39 Å². The molecular weight excluding hydrogens is 103 g/mol. The second-order valence-electron chi connectivity index (χ2n) is 3.07. The summed E-state index contributed by atoms with van der Waals surface area (Å²) in [5.74, 6) is 0.294. The first-order valence-electron chi connectivity index (χ1n) is 3.32. The average molecular weight is 116 g/mol. The monoisotopic (exact) mass is 116 g/mol. The highest BCUT2D eigenvalue weighted by atomic mass is 19.1. The number of halogens is 1. The maximum absolute atomic E-state index is 13.0. The Balaban J connectivity index is 2.54. The molecule has 0 aromatic heterocycles. The third kappa shape index (κ3) is 0.862. The highest BCUT2D eigenvalue weighted by Gasteiger charge is 2.35. The fourth-order valence-electron chi connectivity index (χ4n) is 1.30. The molecular formula is C7H13F. The van der Waals surface area contributed by atoms with Gasteiger partial charge in [0.25, 0.3) is 0 Å². The van der Waals surface area contributed by atoms with Crippen molar-refractivity contribution in [2.24, 2.45) is 5.92 Å². The summed E-state index contributed by atoms with van der Waals surface area (Å²) in [6, 6.07) is 0. The molecule has 0 nitrogen and oxygen atoms in total. The van der Waals surface area contributed by atoms with E-state index in [9.17, 15) is 4.39 Å². The SMILES string of the molecule is CC1CCCC1(C)F. The van der Waals surface area contributed by atoms with E-state index < -0.39 is 5.67 Å². The van der Waals surface area contributed by atoms with Crippen LogP contribution in [0, 0.1) is 5.92 Å². The summed E-state index contributed by atoms with van der Waals surface area (Å²) in [6.45, 7) is 3.71. The van der Waals surface area contributed by atoms with Crippen molar-refractivity contribution in [1.29, 1.82) is 0 Å². The lowest BCUT2D eigenvalue weighted by Gasteiger charge is -2.17. The van der Waals surface area contributed by atoms with Crippen LogP contribution in [0.1, 0.15) is 33.1 Å². The molecule has 8 heavy (non-hydrogen) atoms. The van der Waals surface area contributed by atoms with Gasteiger partial charge in [0, 0.05) is 0 Å². The van der Waals surface area contributed by atoms with Gasteiger partial charge in [-0.25, -0.2) is 4.39 Å². The highest BCUT2D eigenvalue weighted by molar-refractivity contribution is 4.85. The van der Waals surface area contributed by atoms with E-state index in [2.05, 4.69) is 0 Å². The summed E-state index contributed by atoms with van der Waals surface area (Å²) in [4.78, 5) is 0. The van der Waals surface area contributed by atoms with Crippen molar-refractivity contribution in [2.45, 2.75) is 38.8 Å². The van der Waals surface area contributed by atoms with E-state index in [4.69, 9.17) is 0 Å². The molecule has 0 amide bonds. The van der Waals surface area contributed by atoms with Crippen LogP contribution in [0.2, 0.25) is 0 Å². The zero-order valence-electron chi connectivity index (χ0n) is 5.58. The Labute approximate surface area is 50.1 Å². The number of hydrogen-bond donors (Lipinski definition) is 0. The summed E-state index contributed by atoms with van der Waals surface area (Å²) >= 11 is 0. The Morgan fingerprint density at radius 3 is 2.38 bits per heavy atom. The maximum Gasteiger partial charge on any atom is 0.110 e. The van der Waals surface area contributed by atoms with E-state index in [1.807, 2.05) is 6.92 Å². The van der Waals surface area contributed by atoms with Crippen molar-refractivity contribution in [1.82, 2.24) is 0 Å². The Morgan fingerprint density at radius 1 is 1.62 bits per heavy atom. The van der Waals surface area contributed by atoms with Crippen LogP contribution in [-0.4, -0.2) is 5.67 Å². The number of alkyl halides is 1. The summed E-state index contributed by atoms with van der Waals surface area (Å²) < 4.78 is 13.0. The van der Waals surface area contributed by atoms with Gasteiger partial charge in [-0.2, -0.15) is 0 Å². The number of rotatable bonds is 0. The molecule has 2 unspecified atom stereocenters. The topological polar surface area (TPSA) is 0 Å². The van der Waals surface area contributed by atoms with Crippen LogP contribution in [0.5, 0.6) is 0 Å². The van der Waals surface area contributed by atoms with E-state index in [1.54, 1.807) is 6.92 Å². The molecule has 48 valence electrons. The molecule has 1 heteroatoms. The van der Waals surface area contributed by atoms with E-state index in [1.165, 1.54) is 0 Å². The minimum Gasteiger partial charge on any atom is -0.244 e. The van der Waals surface area contributed by atoms with Crippen molar-refractivity contribution >= 4 is 0 Å². The lowest BCUT2D eigenvalue weighted by Crippen LogP contribution is -2.19. The van der Waals surface area contributed by atoms with Gasteiger partial charge in [-0.3, -0.25) is 0 Å². The van der Waals surface area contributed by atoms with Crippen LogP contribution in [-0.2, 0) is 0 Å². The van der Waals surface area contributed by atoms with Gasteiger partial charge in [0.15, 0.2) is 0 Å². The van der Waals surface area contributed by atoms with Crippen LogP contribution >= 0.6 is 0 Å². The Kier molecular flexibility index (Phi) is 1.30. The molecule has 0 aromatic carbocycles. The molecule has 1 aliphatic rings. The van der Waals surface area contributed by atoms with Gasteiger partial charge in [0.2, 0.25) is 0 Å². The zero-order valence-corrected chi connectivity index (χ0v) is 5.58. The molecule has 2 atom stereocenters. The lowest BCUT2D eigenvalue weighted by molar-refractivity contribution is 0.144. The third-order valence-electron chi connectivity index (χ3n) is 2.33. The minimum absolute atomic E-state index is 0.294. The van der Waals surface area contributed by atoms with Gasteiger partial charge in [-0.1, -0.05) is 6.92 Å². The third-order valence-corrected chi connectivity index (χ3v) is 2.33. The fourth-order valence-corrected chi connectivity index (χ4v) is 1.30. The van der Waals surface area contributed by atoms with Gasteiger partial charge in [-0.05, 0) is 32.1 Å². The normalized spacial score (nSPS) is 47.6. The van der Waals surface area contributed by atoms with Crippen LogP contribution in [0.15, 0.2) is 0 Å². The minimum atomic E-state index is -0.847. The first kappa shape index (κ1) is 6.06. The smallest absolute Gasteiger partial charge is 0.110 e. The summed E-state index contributed by atoms with van der Waals surface area (Å²) in [6.07, 6.45) is 2.93. The summed E-state index contributed by atoms with van der Waals surface area (Å²) in [7, 11) is 0. The van der Waals surface area contributed by atoms with Gasteiger partial charge in [-0.15, -0.1) is 0 Å². The predicted molar refractivity (Wildman–Crippen MR) is 32.5 cm³/mol. The van der Waals surface area contributed by atoms with Gasteiger partial charge < -0.3 is 0 Å². The van der Waals surface area contributed by atoms with E-state index in [-0.39, 0.29) is 0 Å². The molecule has 0 spiro atoms. The van der Waals surface area contributed by atoms with Crippen LogP contribution < -0.4 is 0 Å². The highest BCUT2D eigenvalue weighted by Crippen LogP contribution is 2.37. The molecule has 0 aromatic rings. The largest absolute Gasteiger partial charge is 0.244 e. The summed E-state index contributed by atoms with van der Waals surface area (Å²) in [5.41, 5.74) is -0.847. The Hall–Kier alpha value is -0.0700. The molecule has 1 aliphatic carbocycles. The van der Waals surface area contributed by atoms with Gasteiger partial charge >= 0.3 is 0 Å². The average Bonchev–Trinajstić information content (AvgIpc) is 1.86. The van der Waals surface area contributed by atoms with Crippen molar-refractivity contribution in [3.05, 3.63) is 0 Å². The first-order valence-corrected chi connectivity index (χ1v) is 3.32.